The van der Waals surface area contributed by atoms with Gasteiger partial charge in [-0.05, 0) is 31.0 Å². The number of ether oxygens (including phenoxy) is 1. The average molecular weight is 419 g/mol. The van der Waals surface area contributed by atoms with Crippen LogP contribution in [0.15, 0.2) is 59.6 Å². The van der Waals surface area contributed by atoms with E-state index >= 15 is 0 Å². The average Bonchev–Trinajstić information content (AvgIpc) is 2.71. The minimum absolute atomic E-state index is 0.0458. The fraction of sp³-hybridized carbons (Fsp3) is 0.381. The zero-order valence-corrected chi connectivity index (χ0v) is 18.0. The maximum Gasteiger partial charge on any atom is 0.213 e. The highest BCUT2D eigenvalue weighted by Crippen LogP contribution is 2.17. The molecule has 7 nitrogen and oxygen atoms in total. The maximum atomic E-state index is 12.1. The van der Waals surface area contributed by atoms with Crippen LogP contribution in [-0.2, 0) is 16.6 Å². The van der Waals surface area contributed by atoms with Crippen LogP contribution < -0.4 is 20.1 Å². The molecule has 158 valence electrons. The van der Waals surface area contributed by atoms with Gasteiger partial charge < -0.3 is 15.4 Å². The van der Waals surface area contributed by atoms with E-state index in [1.807, 2.05) is 68.4 Å². The van der Waals surface area contributed by atoms with Crippen molar-refractivity contribution in [3.8, 4) is 5.75 Å². The predicted octanol–water partition coefficient (Wildman–Crippen LogP) is 2.05. The van der Waals surface area contributed by atoms with E-state index in [0.717, 1.165) is 16.9 Å². The topological polar surface area (TPSA) is 91.8 Å². The van der Waals surface area contributed by atoms with Crippen LogP contribution in [0.25, 0.3) is 0 Å². The van der Waals surface area contributed by atoms with Crippen LogP contribution in [0.2, 0.25) is 0 Å². The number of benzene rings is 2. The molecule has 0 bridgehead atoms. The largest absolute Gasteiger partial charge is 0.489 e. The van der Waals surface area contributed by atoms with Crippen LogP contribution in [0.5, 0.6) is 5.75 Å². The van der Waals surface area contributed by atoms with Crippen LogP contribution in [-0.4, -0.2) is 46.4 Å². The van der Waals surface area contributed by atoms with Crippen molar-refractivity contribution in [3.63, 3.8) is 0 Å². The standard InChI is InChI=1S/C21H30N4O3S/c1-17-9-7-8-12-20(17)28-18(2)15-24-21(22-3)23-13-14-29(26,27)25-16-19-10-5-4-6-11-19/h4-12,18,25H,13-16H2,1-3H3,(H2,22,23,24). The molecular weight excluding hydrogens is 388 g/mol. The molecule has 0 radical (unpaired) electrons. The Morgan fingerprint density at radius 2 is 1.76 bits per heavy atom. The molecule has 0 amide bonds. The Morgan fingerprint density at radius 1 is 1.07 bits per heavy atom. The highest BCUT2D eigenvalue weighted by Gasteiger charge is 2.11. The van der Waals surface area contributed by atoms with Crippen molar-refractivity contribution in [1.29, 1.82) is 0 Å². The summed E-state index contributed by atoms with van der Waals surface area (Å²) >= 11 is 0. The normalized spacial score (nSPS) is 13.0. The van der Waals surface area contributed by atoms with Crippen molar-refractivity contribution in [2.45, 2.75) is 26.5 Å². The molecule has 2 aromatic rings. The molecule has 0 aliphatic carbocycles. The molecule has 2 aromatic carbocycles. The number of nitrogens with one attached hydrogen (secondary N) is 3. The third-order valence-electron chi connectivity index (χ3n) is 4.20. The molecule has 3 N–H and O–H groups in total. The Kier molecular flexibility index (Phi) is 8.95. The Balaban J connectivity index is 1.70. The summed E-state index contributed by atoms with van der Waals surface area (Å²) in [5.74, 6) is 1.33. The SMILES string of the molecule is CN=C(NCCS(=O)(=O)NCc1ccccc1)NCC(C)Oc1ccccc1C. The molecule has 1 atom stereocenters. The number of hydrogen-bond acceptors (Lipinski definition) is 4. The van der Waals surface area contributed by atoms with Crippen molar-refractivity contribution >= 4 is 16.0 Å². The van der Waals surface area contributed by atoms with Gasteiger partial charge in [-0.15, -0.1) is 0 Å². The summed E-state index contributed by atoms with van der Waals surface area (Å²) in [7, 11) is -1.74. The molecule has 0 aromatic heterocycles. The number of aliphatic imine (C=N–C) groups is 1. The molecule has 0 fully saturated rings. The maximum absolute atomic E-state index is 12.1. The molecule has 2 rings (SSSR count). The first-order valence-corrected chi connectivity index (χ1v) is 11.2. The molecule has 0 saturated heterocycles. The van der Waals surface area contributed by atoms with Gasteiger partial charge in [-0.3, -0.25) is 4.99 Å². The van der Waals surface area contributed by atoms with E-state index in [-0.39, 0.29) is 24.9 Å². The summed E-state index contributed by atoms with van der Waals surface area (Å²) in [6.07, 6.45) is -0.0779. The van der Waals surface area contributed by atoms with Crippen molar-refractivity contribution in [2.75, 3.05) is 25.9 Å². The number of para-hydroxylation sites is 1. The molecule has 0 spiro atoms. The zero-order valence-electron chi connectivity index (χ0n) is 17.2. The van der Waals surface area contributed by atoms with Gasteiger partial charge in [-0.1, -0.05) is 48.5 Å². The van der Waals surface area contributed by atoms with Crippen LogP contribution in [0.3, 0.4) is 0 Å². The fourth-order valence-electron chi connectivity index (χ4n) is 2.57. The van der Waals surface area contributed by atoms with Crippen LogP contribution in [0, 0.1) is 6.92 Å². The van der Waals surface area contributed by atoms with Gasteiger partial charge in [0.25, 0.3) is 0 Å². The Bertz CT molecular complexity index is 886. The third kappa shape index (κ3) is 8.53. The van der Waals surface area contributed by atoms with Crippen LogP contribution in [0.1, 0.15) is 18.1 Å². The van der Waals surface area contributed by atoms with E-state index in [0.29, 0.717) is 12.5 Å². The second-order valence-electron chi connectivity index (χ2n) is 6.70. The van der Waals surface area contributed by atoms with Gasteiger partial charge in [0.15, 0.2) is 5.96 Å². The van der Waals surface area contributed by atoms with Gasteiger partial charge >= 0.3 is 0 Å². The monoisotopic (exact) mass is 418 g/mol. The number of nitrogens with zero attached hydrogens (tertiary/aromatic N) is 1. The number of hydrogen-bond donors (Lipinski definition) is 3. The summed E-state index contributed by atoms with van der Waals surface area (Å²) in [6, 6.07) is 17.3. The molecule has 8 heteroatoms. The fourth-order valence-corrected chi connectivity index (χ4v) is 3.47. The lowest BCUT2D eigenvalue weighted by molar-refractivity contribution is 0.222. The second kappa shape index (κ2) is 11.4. The van der Waals surface area contributed by atoms with Crippen LogP contribution in [0.4, 0.5) is 0 Å². The molecule has 0 aliphatic heterocycles. The van der Waals surface area contributed by atoms with E-state index < -0.39 is 10.0 Å². The van der Waals surface area contributed by atoms with E-state index in [1.165, 1.54) is 0 Å². The van der Waals surface area contributed by atoms with Gasteiger partial charge in [-0.2, -0.15) is 0 Å². The summed E-state index contributed by atoms with van der Waals surface area (Å²) < 4.78 is 32.8. The highest BCUT2D eigenvalue weighted by atomic mass is 32.2. The van der Waals surface area contributed by atoms with Gasteiger partial charge in [-0.25, -0.2) is 13.1 Å². The number of guanidine groups is 1. The van der Waals surface area contributed by atoms with E-state index in [4.69, 9.17) is 4.74 Å². The first kappa shape index (κ1) is 22.7. The molecule has 1 unspecified atom stereocenters. The number of rotatable bonds is 10. The molecule has 0 heterocycles. The Hall–Kier alpha value is -2.58. The molecule has 29 heavy (non-hydrogen) atoms. The Morgan fingerprint density at radius 3 is 2.45 bits per heavy atom. The van der Waals surface area contributed by atoms with E-state index in [2.05, 4.69) is 20.3 Å². The summed E-state index contributed by atoms with van der Waals surface area (Å²) in [4.78, 5) is 4.12. The third-order valence-corrected chi connectivity index (χ3v) is 5.53. The summed E-state index contributed by atoms with van der Waals surface area (Å²) in [5, 5.41) is 6.17. The van der Waals surface area contributed by atoms with Gasteiger partial charge in [0, 0.05) is 20.1 Å². The van der Waals surface area contributed by atoms with Gasteiger partial charge in [0.05, 0.1) is 12.3 Å². The van der Waals surface area contributed by atoms with Gasteiger partial charge in [0.1, 0.15) is 11.9 Å². The first-order valence-electron chi connectivity index (χ1n) is 9.57. The second-order valence-corrected chi connectivity index (χ2v) is 8.63. The number of sulfonamides is 1. The van der Waals surface area contributed by atoms with Crippen molar-refractivity contribution in [1.82, 2.24) is 15.4 Å². The minimum Gasteiger partial charge on any atom is -0.489 e. The van der Waals surface area contributed by atoms with Crippen molar-refractivity contribution in [3.05, 3.63) is 65.7 Å². The number of aryl methyl sites for hydroxylation is 1. The minimum atomic E-state index is -3.38. The quantitative estimate of drug-likeness (QED) is 0.406. The lowest BCUT2D eigenvalue weighted by Crippen LogP contribution is -2.44. The summed E-state index contributed by atoms with van der Waals surface area (Å²) in [6.45, 7) is 5.03. The molecule has 0 saturated carbocycles. The summed E-state index contributed by atoms with van der Waals surface area (Å²) in [5.41, 5.74) is 2.00. The first-order chi connectivity index (χ1) is 13.9. The zero-order chi connectivity index (χ0) is 21.1. The van der Waals surface area contributed by atoms with Crippen LogP contribution >= 0.6 is 0 Å². The van der Waals surface area contributed by atoms with E-state index in [1.54, 1.807) is 7.05 Å². The van der Waals surface area contributed by atoms with E-state index in [9.17, 15) is 8.42 Å². The predicted molar refractivity (Wildman–Crippen MR) is 118 cm³/mol. The lowest BCUT2D eigenvalue weighted by Gasteiger charge is -2.18. The molecular formula is C21H30N4O3S. The molecule has 0 aliphatic rings. The van der Waals surface area contributed by atoms with Gasteiger partial charge in [0.2, 0.25) is 10.0 Å². The smallest absolute Gasteiger partial charge is 0.213 e. The lowest BCUT2D eigenvalue weighted by atomic mass is 10.2. The van der Waals surface area contributed by atoms with Crippen molar-refractivity contribution in [2.24, 2.45) is 4.99 Å². The van der Waals surface area contributed by atoms with Crippen molar-refractivity contribution < 1.29 is 13.2 Å². The highest BCUT2D eigenvalue weighted by molar-refractivity contribution is 7.89. The Labute approximate surface area is 173 Å².